The molecule has 0 spiro atoms. The highest BCUT2D eigenvalue weighted by molar-refractivity contribution is 6.36. The molecule has 1 unspecified atom stereocenters. The average molecular weight is 450 g/mol. The van der Waals surface area contributed by atoms with E-state index in [9.17, 15) is 4.79 Å². The Kier molecular flexibility index (Phi) is 4.77. The molecule has 0 N–H and O–H groups in total. The predicted octanol–water partition coefficient (Wildman–Crippen LogP) is 3.42. The monoisotopic (exact) mass is 449 g/mol. The van der Waals surface area contributed by atoms with E-state index < -0.39 is 0 Å². The standard InChI is InChI=1S/C24H24ClN5O2/c1-14-27-28-21-13-26-23(17-4-2-3-5-19(17)25)22-18-11-16(10-15(18)12-20(22)30(14)21)24(31)29-6-8-32-9-7-29/h2-5,16H,6-13H2,1H3. The number of aromatic nitrogens is 3. The van der Waals surface area contributed by atoms with Gasteiger partial charge in [-0.25, -0.2) is 0 Å². The fourth-order valence-corrected chi connectivity index (χ4v) is 5.68. The van der Waals surface area contributed by atoms with Crippen LogP contribution in [0.4, 0.5) is 0 Å². The van der Waals surface area contributed by atoms with Crippen LogP contribution < -0.4 is 0 Å². The quantitative estimate of drug-likeness (QED) is 0.704. The number of benzene rings is 1. The number of nitrogens with zero attached hydrogens (tertiary/aromatic N) is 5. The number of aryl methyl sites for hydroxylation is 1. The maximum Gasteiger partial charge on any atom is 0.226 e. The Morgan fingerprint density at radius 2 is 1.97 bits per heavy atom. The molecule has 8 heteroatoms. The fraction of sp³-hybridized carbons (Fsp3) is 0.417. The van der Waals surface area contributed by atoms with E-state index in [-0.39, 0.29) is 11.8 Å². The summed E-state index contributed by atoms with van der Waals surface area (Å²) in [7, 11) is 0. The van der Waals surface area contributed by atoms with Crippen molar-refractivity contribution in [2.24, 2.45) is 10.9 Å². The number of fused-ring (bicyclic) bond motifs is 3. The van der Waals surface area contributed by atoms with Gasteiger partial charge in [0.25, 0.3) is 0 Å². The molecule has 4 aliphatic rings. The van der Waals surface area contributed by atoms with Crippen LogP contribution in [0.1, 0.15) is 36.5 Å². The van der Waals surface area contributed by atoms with Crippen LogP contribution in [-0.4, -0.2) is 57.6 Å². The molecule has 1 aromatic carbocycles. The average Bonchev–Trinajstić information content (AvgIpc) is 3.45. The second-order valence-electron chi connectivity index (χ2n) is 8.77. The van der Waals surface area contributed by atoms with Gasteiger partial charge in [0.15, 0.2) is 5.82 Å². The molecule has 7 nitrogen and oxygen atoms in total. The molecule has 0 bridgehead atoms. The number of amides is 1. The third-order valence-corrected chi connectivity index (χ3v) is 7.25. The molecule has 3 heterocycles. The van der Waals surface area contributed by atoms with Gasteiger partial charge in [-0.15, -0.1) is 10.2 Å². The first-order valence-corrected chi connectivity index (χ1v) is 11.5. The van der Waals surface area contributed by atoms with E-state index in [0.717, 1.165) is 47.8 Å². The first kappa shape index (κ1) is 19.9. The lowest BCUT2D eigenvalue weighted by molar-refractivity contribution is -0.139. The second kappa shape index (κ2) is 7.67. The highest BCUT2D eigenvalue weighted by atomic mass is 35.5. The van der Waals surface area contributed by atoms with E-state index >= 15 is 0 Å². The van der Waals surface area contributed by atoms with Gasteiger partial charge in [0.2, 0.25) is 5.91 Å². The molecule has 1 fully saturated rings. The van der Waals surface area contributed by atoms with Crippen LogP contribution in [0, 0.1) is 12.8 Å². The van der Waals surface area contributed by atoms with Gasteiger partial charge in [-0.1, -0.05) is 35.4 Å². The van der Waals surface area contributed by atoms with E-state index in [0.29, 0.717) is 37.9 Å². The third kappa shape index (κ3) is 3.06. The minimum absolute atomic E-state index is 0.00984. The molecule has 2 aliphatic heterocycles. The van der Waals surface area contributed by atoms with Crippen LogP contribution in [0.25, 0.3) is 5.70 Å². The number of aliphatic imine (C=N–C) groups is 1. The van der Waals surface area contributed by atoms with Crippen molar-refractivity contribution in [1.29, 1.82) is 0 Å². The van der Waals surface area contributed by atoms with Gasteiger partial charge in [-0.2, -0.15) is 0 Å². The molecular formula is C24H24ClN5O2. The summed E-state index contributed by atoms with van der Waals surface area (Å²) in [5.41, 5.74) is 6.70. The first-order chi connectivity index (χ1) is 15.6. The summed E-state index contributed by atoms with van der Waals surface area (Å²) in [6.45, 7) is 5.05. The Morgan fingerprint density at radius 3 is 2.78 bits per heavy atom. The van der Waals surface area contributed by atoms with Crippen molar-refractivity contribution in [2.75, 3.05) is 26.3 Å². The summed E-state index contributed by atoms with van der Waals surface area (Å²) in [6.07, 6.45) is 2.34. The summed E-state index contributed by atoms with van der Waals surface area (Å²) in [4.78, 5) is 20.2. The Labute approximate surface area is 191 Å². The van der Waals surface area contributed by atoms with Crippen LogP contribution >= 0.6 is 11.6 Å². The minimum Gasteiger partial charge on any atom is -0.378 e. The van der Waals surface area contributed by atoms with Crippen LogP contribution in [-0.2, 0) is 16.1 Å². The topological polar surface area (TPSA) is 72.6 Å². The van der Waals surface area contributed by atoms with Gasteiger partial charge in [0, 0.05) is 47.3 Å². The van der Waals surface area contributed by atoms with Gasteiger partial charge < -0.3 is 9.64 Å². The highest BCUT2D eigenvalue weighted by Gasteiger charge is 2.41. The molecule has 0 radical (unpaired) electrons. The summed E-state index contributed by atoms with van der Waals surface area (Å²) >= 11 is 6.61. The van der Waals surface area contributed by atoms with Gasteiger partial charge in [-0.05, 0) is 31.4 Å². The number of halogens is 1. The van der Waals surface area contributed by atoms with E-state index in [2.05, 4.69) is 14.8 Å². The zero-order chi connectivity index (χ0) is 21.8. The van der Waals surface area contributed by atoms with E-state index in [1.165, 1.54) is 16.8 Å². The van der Waals surface area contributed by atoms with Crippen molar-refractivity contribution in [3.8, 4) is 0 Å². The molecular weight excluding hydrogens is 426 g/mol. The zero-order valence-electron chi connectivity index (χ0n) is 18.0. The number of ether oxygens (including phenoxy) is 1. The van der Waals surface area contributed by atoms with E-state index in [4.69, 9.17) is 21.3 Å². The summed E-state index contributed by atoms with van der Waals surface area (Å²) in [6, 6.07) is 7.85. The minimum atomic E-state index is -0.00984. The summed E-state index contributed by atoms with van der Waals surface area (Å²) < 4.78 is 7.58. The Hall–Kier alpha value is -2.77. The number of hydrogen-bond donors (Lipinski definition) is 0. The lowest BCUT2D eigenvalue weighted by Gasteiger charge is -2.29. The number of hydrogen-bond acceptors (Lipinski definition) is 5. The Balaban J connectivity index is 1.41. The lowest BCUT2D eigenvalue weighted by Crippen LogP contribution is -2.43. The molecule has 32 heavy (non-hydrogen) atoms. The van der Waals surface area contributed by atoms with Crippen LogP contribution in [0.5, 0.6) is 0 Å². The Bertz CT molecular complexity index is 1220. The molecule has 6 rings (SSSR count). The van der Waals surface area contributed by atoms with Gasteiger partial charge in [0.1, 0.15) is 12.4 Å². The molecule has 164 valence electrons. The molecule has 2 aromatic rings. The Morgan fingerprint density at radius 1 is 1.16 bits per heavy atom. The summed E-state index contributed by atoms with van der Waals surface area (Å²) in [5.74, 6) is 1.95. The molecule has 2 aliphatic carbocycles. The smallest absolute Gasteiger partial charge is 0.226 e. The second-order valence-corrected chi connectivity index (χ2v) is 9.17. The van der Waals surface area contributed by atoms with Gasteiger partial charge in [-0.3, -0.25) is 14.4 Å². The van der Waals surface area contributed by atoms with Crippen LogP contribution in [0.2, 0.25) is 5.02 Å². The zero-order valence-corrected chi connectivity index (χ0v) is 18.7. The molecule has 1 atom stereocenters. The number of allylic oxidation sites excluding steroid dienone is 4. The van der Waals surface area contributed by atoms with Crippen molar-refractivity contribution in [3.63, 3.8) is 0 Å². The van der Waals surface area contributed by atoms with Crippen molar-refractivity contribution in [1.82, 2.24) is 19.7 Å². The SMILES string of the molecule is Cc1nnc2n1C1=C(C(c3ccccc3Cl)=NC2)C2=C(C1)CC(C(=O)N1CCOCC1)C2. The number of rotatable bonds is 2. The van der Waals surface area contributed by atoms with Crippen molar-refractivity contribution in [3.05, 3.63) is 63.2 Å². The van der Waals surface area contributed by atoms with Crippen molar-refractivity contribution in [2.45, 2.75) is 32.7 Å². The third-order valence-electron chi connectivity index (χ3n) is 6.92. The number of morpholine rings is 1. The van der Waals surface area contributed by atoms with Crippen molar-refractivity contribution < 1.29 is 9.53 Å². The van der Waals surface area contributed by atoms with Crippen LogP contribution in [0.3, 0.4) is 0 Å². The largest absolute Gasteiger partial charge is 0.378 e. The van der Waals surface area contributed by atoms with E-state index in [1.54, 1.807) is 0 Å². The predicted molar refractivity (Wildman–Crippen MR) is 121 cm³/mol. The highest BCUT2D eigenvalue weighted by Crippen LogP contribution is 2.49. The molecule has 1 aromatic heterocycles. The van der Waals surface area contributed by atoms with E-state index in [1.807, 2.05) is 36.1 Å². The molecule has 1 amide bonds. The normalized spacial score (nSPS) is 22.5. The van der Waals surface area contributed by atoms with Gasteiger partial charge in [0.05, 0.1) is 18.9 Å². The van der Waals surface area contributed by atoms with Gasteiger partial charge >= 0.3 is 0 Å². The number of carbonyl (C=O) groups excluding carboxylic acids is 1. The molecule has 1 saturated heterocycles. The fourth-order valence-electron chi connectivity index (χ4n) is 5.45. The summed E-state index contributed by atoms with van der Waals surface area (Å²) in [5, 5.41) is 9.36. The maximum absolute atomic E-state index is 13.2. The lowest BCUT2D eigenvalue weighted by atomic mass is 9.92. The van der Waals surface area contributed by atoms with Crippen molar-refractivity contribution >= 4 is 28.9 Å². The molecule has 0 saturated carbocycles. The maximum atomic E-state index is 13.2. The van der Waals surface area contributed by atoms with Crippen LogP contribution in [0.15, 0.2) is 46.0 Å². The first-order valence-electron chi connectivity index (χ1n) is 11.1. The number of carbonyl (C=O) groups is 1.